The number of thioether (sulfide) groups is 1. The molecule has 176 valence electrons. The summed E-state index contributed by atoms with van der Waals surface area (Å²) in [6, 6.07) is 5.82. The summed E-state index contributed by atoms with van der Waals surface area (Å²) in [5.41, 5.74) is 1.99. The largest absolute Gasteiger partial charge is 0.493 e. The molecule has 0 saturated carbocycles. The molecule has 0 atom stereocenters. The van der Waals surface area contributed by atoms with Crippen LogP contribution < -0.4 is 9.47 Å². The zero-order valence-electron chi connectivity index (χ0n) is 19.2. The minimum atomic E-state index is 0.220. The molecule has 1 saturated heterocycles. The maximum atomic E-state index is 12.4. The molecule has 4 rings (SSSR count). The van der Waals surface area contributed by atoms with Crippen molar-refractivity contribution in [3.05, 3.63) is 35.1 Å². The van der Waals surface area contributed by atoms with Gasteiger partial charge < -0.3 is 18.9 Å². The highest BCUT2D eigenvalue weighted by atomic mass is 32.2. The SMILES string of the molecule is CCn1c(CN2CCCCCC2=O)nnc1SCc1csc(-c2ccc(OC)c(OC)c2)n1. The van der Waals surface area contributed by atoms with Gasteiger partial charge in [-0.15, -0.1) is 21.5 Å². The second-order valence-corrected chi connectivity index (χ2v) is 9.57. The van der Waals surface area contributed by atoms with Crippen molar-refractivity contribution in [2.75, 3.05) is 20.8 Å². The molecule has 3 heterocycles. The van der Waals surface area contributed by atoms with E-state index in [0.717, 1.165) is 59.6 Å². The lowest BCUT2D eigenvalue weighted by Crippen LogP contribution is -2.31. The van der Waals surface area contributed by atoms with E-state index in [1.807, 2.05) is 23.1 Å². The van der Waals surface area contributed by atoms with Crippen molar-refractivity contribution >= 4 is 29.0 Å². The number of nitrogens with zero attached hydrogens (tertiary/aromatic N) is 5. The van der Waals surface area contributed by atoms with Gasteiger partial charge in [0.05, 0.1) is 26.5 Å². The molecule has 1 aliphatic heterocycles. The number of ether oxygens (including phenoxy) is 2. The number of hydrogen-bond acceptors (Lipinski definition) is 8. The van der Waals surface area contributed by atoms with Crippen LogP contribution in [0.3, 0.4) is 0 Å². The van der Waals surface area contributed by atoms with Gasteiger partial charge >= 0.3 is 0 Å². The Morgan fingerprint density at radius 2 is 1.97 bits per heavy atom. The van der Waals surface area contributed by atoms with Gasteiger partial charge in [-0.2, -0.15) is 0 Å². The molecule has 0 N–H and O–H groups in total. The standard InChI is InChI=1S/C23H29N5O3S2/c1-4-28-20(13-27-11-7-5-6-8-21(27)29)25-26-23(28)33-15-17-14-32-22(24-17)16-9-10-18(30-2)19(12-16)31-3/h9-10,12,14H,4-8,11,13,15H2,1-3H3. The van der Waals surface area contributed by atoms with Crippen LogP contribution in [-0.2, 0) is 23.6 Å². The zero-order valence-corrected chi connectivity index (χ0v) is 20.9. The molecular weight excluding hydrogens is 458 g/mol. The van der Waals surface area contributed by atoms with Gasteiger partial charge in [-0.05, 0) is 38.0 Å². The molecule has 8 nitrogen and oxygen atoms in total. The number of likely N-dealkylation sites (tertiary alicyclic amines) is 1. The van der Waals surface area contributed by atoms with Gasteiger partial charge in [0.25, 0.3) is 0 Å². The van der Waals surface area contributed by atoms with Gasteiger partial charge in [-0.25, -0.2) is 4.98 Å². The van der Waals surface area contributed by atoms with Gasteiger partial charge in [0.2, 0.25) is 5.91 Å². The maximum absolute atomic E-state index is 12.4. The third kappa shape index (κ3) is 5.50. The lowest BCUT2D eigenvalue weighted by molar-refractivity contribution is -0.131. The highest BCUT2D eigenvalue weighted by Gasteiger charge is 2.21. The van der Waals surface area contributed by atoms with Gasteiger partial charge in [-0.1, -0.05) is 18.2 Å². The highest BCUT2D eigenvalue weighted by Crippen LogP contribution is 2.34. The Hall–Kier alpha value is -2.59. The Labute approximate surface area is 202 Å². The van der Waals surface area contributed by atoms with Crippen molar-refractivity contribution in [2.45, 2.75) is 56.6 Å². The quantitative estimate of drug-likeness (QED) is 0.407. The topological polar surface area (TPSA) is 82.4 Å². The average Bonchev–Trinajstić information content (AvgIpc) is 3.42. The second-order valence-electron chi connectivity index (χ2n) is 7.77. The Bertz CT molecular complexity index is 1100. The predicted molar refractivity (Wildman–Crippen MR) is 130 cm³/mol. The van der Waals surface area contributed by atoms with Crippen LogP contribution in [0.25, 0.3) is 10.6 Å². The first-order valence-electron chi connectivity index (χ1n) is 11.1. The molecule has 1 aromatic carbocycles. The van der Waals surface area contributed by atoms with E-state index in [0.29, 0.717) is 30.2 Å². The first kappa shape index (κ1) is 23.6. The Kier molecular flexibility index (Phi) is 7.87. The highest BCUT2D eigenvalue weighted by molar-refractivity contribution is 7.98. The van der Waals surface area contributed by atoms with Crippen LogP contribution in [-0.4, -0.2) is 51.3 Å². The number of hydrogen-bond donors (Lipinski definition) is 0. The summed E-state index contributed by atoms with van der Waals surface area (Å²) in [5, 5.41) is 12.7. The molecule has 3 aromatic rings. The van der Waals surface area contributed by atoms with Crippen LogP contribution in [0, 0.1) is 0 Å². The number of thiazole rings is 1. The summed E-state index contributed by atoms with van der Waals surface area (Å²) in [6.45, 7) is 4.18. The molecule has 0 radical (unpaired) electrons. The molecule has 10 heteroatoms. The number of aromatic nitrogens is 4. The van der Waals surface area contributed by atoms with Crippen LogP contribution in [0.4, 0.5) is 0 Å². The van der Waals surface area contributed by atoms with Crippen molar-refractivity contribution in [2.24, 2.45) is 0 Å². The lowest BCUT2D eigenvalue weighted by Gasteiger charge is -2.20. The van der Waals surface area contributed by atoms with E-state index in [2.05, 4.69) is 27.1 Å². The third-order valence-electron chi connectivity index (χ3n) is 5.64. The first-order valence-corrected chi connectivity index (χ1v) is 13.0. The van der Waals surface area contributed by atoms with Crippen LogP contribution in [0.5, 0.6) is 11.5 Å². The number of methoxy groups -OCH3 is 2. The van der Waals surface area contributed by atoms with Crippen molar-refractivity contribution < 1.29 is 14.3 Å². The van der Waals surface area contributed by atoms with Gasteiger partial charge in [0, 0.05) is 36.2 Å². The van der Waals surface area contributed by atoms with E-state index < -0.39 is 0 Å². The van der Waals surface area contributed by atoms with Crippen molar-refractivity contribution in [3.63, 3.8) is 0 Å². The molecule has 2 aromatic heterocycles. The molecule has 0 spiro atoms. The molecule has 0 aliphatic carbocycles. The van der Waals surface area contributed by atoms with E-state index in [1.54, 1.807) is 37.3 Å². The van der Waals surface area contributed by atoms with Crippen LogP contribution in [0.15, 0.2) is 28.7 Å². The fraction of sp³-hybridized carbons (Fsp3) is 0.478. The van der Waals surface area contributed by atoms with Crippen molar-refractivity contribution in [1.29, 1.82) is 0 Å². The molecule has 1 amide bonds. The molecule has 1 fully saturated rings. The minimum Gasteiger partial charge on any atom is -0.493 e. The van der Waals surface area contributed by atoms with Crippen LogP contribution >= 0.6 is 23.1 Å². The number of carbonyl (C=O) groups excluding carboxylic acids is 1. The lowest BCUT2D eigenvalue weighted by atomic mass is 10.2. The number of benzene rings is 1. The van der Waals surface area contributed by atoms with Gasteiger partial charge in [0.1, 0.15) is 5.01 Å². The van der Waals surface area contributed by atoms with E-state index in [4.69, 9.17) is 14.5 Å². The van der Waals surface area contributed by atoms with E-state index >= 15 is 0 Å². The van der Waals surface area contributed by atoms with Crippen molar-refractivity contribution in [3.8, 4) is 22.1 Å². The molecule has 33 heavy (non-hydrogen) atoms. The monoisotopic (exact) mass is 487 g/mol. The smallest absolute Gasteiger partial charge is 0.222 e. The minimum absolute atomic E-state index is 0.220. The van der Waals surface area contributed by atoms with Gasteiger partial charge in [-0.3, -0.25) is 4.79 Å². The van der Waals surface area contributed by atoms with Crippen molar-refractivity contribution in [1.82, 2.24) is 24.6 Å². The fourth-order valence-corrected chi connectivity index (χ4v) is 5.69. The molecule has 1 aliphatic rings. The second kappa shape index (κ2) is 11.0. The molecular formula is C23H29N5O3S2. The van der Waals surface area contributed by atoms with E-state index in [9.17, 15) is 4.79 Å². The normalized spacial score (nSPS) is 14.4. The van der Waals surface area contributed by atoms with Gasteiger partial charge in [0.15, 0.2) is 22.5 Å². The first-order chi connectivity index (χ1) is 16.1. The summed E-state index contributed by atoms with van der Waals surface area (Å²) in [5.74, 6) is 3.15. The Morgan fingerprint density at radius 3 is 2.76 bits per heavy atom. The average molecular weight is 488 g/mol. The number of amides is 1. The van der Waals surface area contributed by atoms with E-state index in [1.165, 1.54) is 0 Å². The third-order valence-corrected chi connectivity index (χ3v) is 7.59. The maximum Gasteiger partial charge on any atom is 0.222 e. The number of rotatable bonds is 9. The van der Waals surface area contributed by atoms with Crippen LogP contribution in [0.2, 0.25) is 0 Å². The predicted octanol–water partition coefficient (Wildman–Crippen LogP) is 4.63. The fourth-order valence-electron chi connectivity index (χ4n) is 3.85. The van der Waals surface area contributed by atoms with Crippen LogP contribution in [0.1, 0.15) is 44.1 Å². The number of carbonyl (C=O) groups is 1. The molecule has 0 bridgehead atoms. The van der Waals surface area contributed by atoms with E-state index in [-0.39, 0.29) is 5.91 Å². The Morgan fingerprint density at radius 1 is 1.12 bits per heavy atom. The summed E-state index contributed by atoms with van der Waals surface area (Å²) >= 11 is 3.22. The zero-order chi connectivity index (χ0) is 23.2. The molecule has 0 unspecified atom stereocenters. The summed E-state index contributed by atoms with van der Waals surface area (Å²) in [6.07, 6.45) is 3.78. The summed E-state index contributed by atoms with van der Waals surface area (Å²) < 4.78 is 12.8. The summed E-state index contributed by atoms with van der Waals surface area (Å²) in [4.78, 5) is 19.1. The summed E-state index contributed by atoms with van der Waals surface area (Å²) in [7, 11) is 3.26. The Balaban J connectivity index is 1.43.